The maximum Gasteiger partial charge on any atom is 0.0700 e. The lowest BCUT2D eigenvalue weighted by molar-refractivity contribution is 0.0512. The van der Waals surface area contributed by atoms with Crippen molar-refractivity contribution in [1.29, 1.82) is 0 Å². The third-order valence-corrected chi connectivity index (χ3v) is 2.36. The van der Waals surface area contributed by atoms with Crippen LogP contribution in [0.3, 0.4) is 0 Å². The second kappa shape index (κ2) is 14.2. The van der Waals surface area contributed by atoms with Crippen LogP contribution >= 0.6 is 12.0 Å². The van der Waals surface area contributed by atoms with E-state index >= 15 is 0 Å². The minimum Gasteiger partial charge on any atom is -0.379 e. The molecule has 0 aliphatic carbocycles. The third-order valence-electron chi connectivity index (χ3n) is 1.96. The van der Waals surface area contributed by atoms with Crippen LogP contribution in [0.2, 0.25) is 0 Å². The highest BCUT2D eigenvalue weighted by Crippen LogP contribution is 2.03. The van der Waals surface area contributed by atoms with Crippen molar-refractivity contribution in [2.45, 2.75) is 32.6 Å². The Hall–Kier alpha value is 0.230. The van der Waals surface area contributed by atoms with Gasteiger partial charge in [0.05, 0.1) is 19.8 Å². The van der Waals surface area contributed by atoms with E-state index < -0.39 is 0 Å². The van der Waals surface area contributed by atoms with Crippen LogP contribution in [0, 0.1) is 0 Å². The van der Waals surface area contributed by atoms with Gasteiger partial charge in [0.1, 0.15) is 0 Å². The zero-order chi connectivity index (χ0) is 11.2. The zero-order valence-electron chi connectivity index (χ0n) is 10.00. The van der Waals surface area contributed by atoms with Crippen LogP contribution in [0.4, 0.5) is 0 Å². The molecule has 0 saturated carbocycles. The van der Waals surface area contributed by atoms with Crippen LogP contribution in [0.5, 0.6) is 0 Å². The van der Waals surface area contributed by atoms with Crippen molar-refractivity contribution in [1.82, 2.24) is 0 Å². The molecule has 0 radical (unpaired) electrons. The molecule has 0 N–H and O–H groups in total. The number of hydrogen-bond donors (Lipinski definition) is 0. The molecule has 0 bridgehead atoms. The Morgan fingerprint density at radius 3 is 2.13 bits per heavy atom. The van der Waals surface area contributed by atoms with Gasteiger partial charge in [-0.2, -0.15) is 0 Å². The monoisotopic (exact) mass is 236 g/mol. The normalized spacial score (nSPS) is 10.8. The van der Waals surface area contributed by atoms with Crippen LogP contribution < -0.4 is 0 Å². The first-order valence-corrected chi connectivity index (χ1v) is 6.88. The zero-order valence-corrected chi connectivity index (χ0v) is 10.8. The predicted octanol–water partition coefficient (Wildman–Crippen LogP) is 2.89. The van der Waals surface area contributed by atoms with Crippen molar-refractivity contribution in [3.05, 3.63) is 0 Å². The molecule has 0 aromatic rings. The van der Waals surface area contributed by atoms with Crippen LogP contribution in [0.15, 0.2) is 0 Å². The second-order valence-electron chi connectivity index (χ2n) is 3.21. The molecule has 92 valence electrons. The summed E-state index contributed by atoms with van der Waals surface area (Å²) < 4.78 is 15.7. The Balaban J connectivity index is 2.81. The molecule has 15 heavy (non-hydrogen) atoms. The Morgan fingerprint density at radius 1 is 0.800 bits per heavy atom. The number of rotatable bonds is 12. The van der Waals surface area contributed by atoms with Gasteiger partial charge in [-0.1, -0.05) is 12.8 Å². The van der Waals surface area contributed by atoms with E-state index in [2.05, 4.69) is 0 Å². The van der Waals surface area contributed by atoms with Crippen molar-refractivity contribution in [2.24, 2.45) is 0 Å². The van der Waals surface area contributed by atoms with E-state index in [9.17, 15) is 0 Å². The number of unbranched alkanes of at least 4 members (excludes halogenated alkanes) is 3. The van der Waals surface area contributed by atoms with Gasteiger partial charge in [0.15, 0.2) is 0 Å². The van der Waals surface area contributed by atoms with Gasteiger partial charge in [-0.3, -0.25) is 0 Å². The average molecular weight is 236 g/mol. The lowest BCUT2D eigenvalue weighted by Gasteiger charge is -2.04. The van der Waals surface area contributed by atoms with Crippen molar-refractivity contribution < 1.29 is 13.7 Å². The van der Waals surface area contributed by atoms with Crippen molar-refractivity contribution >= 4 is 12.0 Å². The highest BCUT2D eigenvalue weighted by atomic mass is 32.2. The highest BCUT2D eigenvalue weighted by Gasteiger charge is 1.92. The number of ether oxygens (including phenoxy) is 2. The van der Waals surface area contributed by atoms with E-state index in [1.54, 1.807) is 0 Å². The molecule has 3 nitrogen and oxygen atoms in total. The minimum atomic E-state index is 0.720. The summed E-state index contributed by atoms with van der Waals surface area (Å²) in [6.07, 6.45) is 6.71. The fourth-order valence-corrected chi connectivity index (χ4v) is 1.45. The lowest BCUT2D eigenvalue weighted by Crippen LogP contribution is -2.04. The van der Waals surface area contributed by atoms with Crippen molar-refractivity contribution in [3.63, 3.8) is 0 Å². The van der Waals surface area contributed by atoms with E-state index in [-0.39, 0.29) is 0 Å². The lowest BCUT2D eigenvalue weighted by atomic mass is 10.2. The quantitative estimate of drug-likeness (QED) is 0.385. The predicted molar refractivity (Wildman–Crippen MR) is 65.2 cm³/mol. The molecule has 0 amide bonds. The Bertz CT molecular complexity index is 100. The highest BCUT2D eigenvalue weighted by molar-refractivity contribution is 7.93. The van der Waals surface area contributed by atoms with Crippen molar-refractivity contribution in [3.8, 4) is 0 Å². The van der Waals surface area contributed by atoms with E-state index in [1.165, 1.54) is 24.9 Å². The van der Waals surface area contributed by atoms with Gasteiger partial charge in [-0.25, -0.2) is 0 Å². The van der Waals surface area contributed by atoms with Gasteiger partial charge in [0.25, 0.3) is 0 Å². The maximum absolute atomic E-state index is 5.40. The first-order valence-electron chi connectivity index (χ1n) is 5.73. The smallest absolute Gasteiger partial charge is 0.0700 e. The fourth-order valence-electron chi connectivity index (χ4n) is 1.17. The van der Waals surface area contributed by atoms with E-state index in [4.69, 9.17) is 13.7 Å². The Morgan fingerprint density at radius 2 is 1.47 bits per heavy atom. The molecule has 0 atom stereocenters. The molecule has 0 aromatic heterocycles. The summed E-state index contributed by atoms with van der Waals surface area (Å²) in [7, 11) is 0. The standard InChI is InChI=1S/C11H24O3S/c1-3-12-10-11-13-8-6-4-5-7-9-14-15-2/h3-11H2,1-2H3. The molecule has 4 heteroatoms. The van der Waals surface area contributed by atoms with Gasteiger partial charge < -0.3 is 13.7 Å². The van der Waals surface area contributed by atoms with Crippen LogP contribution in [-0.2, 0) is 13.7 Å². The van der Waals surface area contributed by atoms with E-state index in [0.717, 1.165) is 45.9 Å². The molecule has 0 saturated heterocycles. The van der Waals surface area contributed by atoms with Crippen LogP contribution in [-0.4, -0.2) is 39.3 Å². The molecule has 0 spiro atoms. The molecule has 0 heterocycles. The minimum absolute atomic E-state index is 0.720. The van der Waals surface area contributed by atoms with Gasteiger partial charge in [0.2, 0.25) is 0 Å². The summed E-state index contributed by atoms with van der Waals surface area (Å²) in [5.41, 5.74) is 0. The number of hydrogen-bond acceptors (Lipinski definition) is 4. The SMILES string of the molecule is CCOCCOCCCCCCOSC. The van der Waals surface area contributed by atoms with Gasteiger partial charge in [-0.15, -0.1) is 0 Å². The molecule has 0 aliphatic heterocycles. The largest absolute Gasteiger partial charge is 0.379 e. The summed E-state index contributed by atoms with van der Waals surface area (Å²) in [5, 5.41) is 0. The molecule has 0 aliphatic rings. The fraction of sp³-hybridized carbons (Fsp3) is 1.00. The first kappa shape index (κ1) is 15.2. The Kier molecular flexibility index (Phi) is 14.4. The summed E-state index contributed by atoms with van der Waals surface area (Å²) >= 11 is 1.44. The summed E-state index contributed by atoms with van der Waals surface area (Å²) in [6.45, 7) is 5.94. The van der Waals surface area contributed by atoms with E-state index in [0.29, 0.717) is 0 Å². The topological polar surface area (TPSA) is 27.7 Å². The third kappa shape index (κ3) is 14.2. The molecular formula is C11H24O3S. The van der Waals surface area contributed by atoms with Gasteiger partial charge in [0, 0.05) is 19.5 Å². The van der Waals surface area contributed by atoms with Crippen LogP contribution in [0.25, 0.3) is 0 Å². The Labute approximate surface area is 98.1 Å². The molecular weight excluding hydrogens is 212 g/mol. The van der Waals surface area contributed by atoms with Gasteiger partial charge in [-0.05, 0) is 31.8 Å². The molecule has 0 aromatic carbocycles. The van der Waals surface area contributed by atoms with Crippen LogP contribution in [0.1, 0.15) is 32.6 Å². The van der Waals surface area contributed by atoms with Crippen molar-refractivity contribution in [2.75, 3.05) is 39.3 Å². The maximum atomic E-state index is 5.40. The first-order chi connectivity index (χ1) is 7.41. The summed E-state index contributed by atoms with van der Waals surface area (Å²) in [5.74, 6) is 0. The molecule has 0 rings (SSSR count). The van der Waals surface area contributed by atoms with Gasteiger partial charge >= 0.3 is 0 Å². The summed E-state index contributed by atoms with van der Waals surface area (Å²) in [6, 6.07) is 0. The molecule has 0 unspecified atom stereocenters. The summed E-state index contributed by atoms with van der Waals surface area (Å²) in [4.78, 5) is 0. The van der Waals surface area contributed by atoms with E-state index in [1.807, 2.05) is 13.2 Å². The average Bonchev–Trinajstić information content (AvgIpc) is 2.26. The molecule has 0 fully saturated rings. The second-order valence-corrected chi connectivity index (χ2v) is 3.78.